The first-order valence-electron chi connectivity index (χ1n) is 11.0. The van der Waals surface area contributed by atoms with Crippen molar-refractivity contribution in [3.63, 3.8) is 0 Å². The predicted octanol–water partition coefficient (Wildman–Crippen LogP) is 4.88. The Morgan fingerprint density at radius 2 is 1.74 bits per heavy atom. The van der Waals surface area contributed by atoms with Crippen molar-refractivity contribution in [3.05, 3.63) is 70.9 Å². The molecule has 0 aromatic heterocycles. The fourth-order valence-corrected chi connectivity index (χ4v) is 4.59. The number of rotatable bonds is 6. The number of carbonyl (C=O) groups excluding carboxylic acids is 2. The summed E-state index contributed by atoms with van der Waals surface area (Å²) in [5.41, 5.74) is 3.49. The van der Waals surface area contributed by atoms with Gasteiger partial charge in [0.1, 0.15) is 11.5 Å². The zero-order valence-electron chi connectivity index (χ0n) is 18.3. The molecule has 0 bridgehead atoms. The van der Waals surface area contributed by atoms with E-state index in [-0.39, 0.29) is 36.1 Å². The van der Waals surface area contributed by atoms with Crippen molar-refractivity contribution in [1.82, 2.24) is 5.32 Å². The second kappa shape index (κ2) is 8.96. The van der Waals surface area contributed by atoms with Crippen LogP contribution in [0.5, 0.6) is 11.5 Å². The number of allylic oxidation sites excluding steroid dienone is 2. The molecule has 1 aliphatic carbocycles. The molecule has 31 heavy (non-hydrogen) atoms. The van der Waals surface area contributed by atoms with Gasteiger partial charge < -0.3 is 14.8 Å². The molecular weight excluding hydrogens is 390 g/mol. The molecule has 4 rings (SSSR count). The average Bonchev–Trinajstić information content (AvgIpc) is 2.73. The predicted molar refractivity (Wildman–Crippen MR) is 119 cm³/mol. The van der Waals surface area contributed by atoms with E-state index in [1.54, 1.807) is 0 Å². The van der Waals surface area contributed by atoms with E-state index in [4.69, 9.17) is 9.47 Å². The Balaban J connectivity index is 1.66. The second-order valence-electron chi connectivity index (χ2n) is 8.43. The third-order valence-electron chi connectivity index (χ3n) is 5.86. The van der Waals surface area contributed by atoms with E-state index < -0.39 is 0 Å². The van der Waals surface area contributed by atoms with Crippen LogP contribution in [0.4, 0.5) is 0 Å². The van der Waals surface area contributed by atoms with Gasteiger partial charge in [-0.25, -0.2) is 0 Å². The molecule has 5 nitrogen and oxygen atoms in total. The van der Waals surface area contributed by atoms with Gasteiger partial charge in [0.05, 0.1) is 12.7 Å². The van der Waals surface area contributed by atoms with Gasteiger partial charge in [0.25, 0.3) is 0 Å². The highest BCUT2D eigenvalue weighted by atomic mass is 16.5. The first-order chi connectivity index (χ1) is 15.0. The van der Waals surface area contributed by atoms with E-state index >= 15 is 0 Å². The molecule has 0 fully saturated rings. The van der Waals surface area contributed by atoms with E-state index in [1.807, 2.05) is 69.3 Å². The molecule has 2 aromatic carbocycles. The summed E-state index contributed by atoms with van der Waals surface area (Å²) in [7, 11) is 0. The van der Waals surface area contributed by atoms with Crippen LogP contribution in [0, 0.1) is 0 Å². The lowest BCUT2D eigenvalue weighted by atomic mass is 9.73. The number of hydrogen-bond acceptors (Lipinski definition) is 4. The SMILES string of the molecule is CCOc1ccc(C2CC(=O)C3=C(C2)NC(=O)CC3c2ccccc2OC(C)C)cc1. The first-order valence-corrected chi connectivity index (χ1v) is 11.0. The van der Waals surface area contributed by atoms with E-state index in [9.17, 15) is 9.59 Å². The molecule has 2 atom stereocenters. The Bertz CT molecular complexity index is 1010. The molecule has 1 aliphatic heterocycles. The number of ketones is 1. The molecule has 0 spiro atoms. The van der Waals surface area contributed by atoms with Crippen LogP contribution in [0.1, 0.15) is 63.0 Å². The maximum absolute atomic E-state index is 13.3. The quantitative estimate of drug-likeness (QED) is 0.725. The molecule has 0 saturated carbocycles. The third kappa shape index (κ3) is 4.50. The number of benzene rings is 2. The standard InChI is InChI=1S/C26H29NO4/c1-4-30-19-11-9-17(10-12-19)18-13-22-26(23(28)14-18)21(15-25(29)27-22)20-7-5-6-8-24(20)31-16(2)3/h5-12,16,18,21H,4,13-15H2,1-3H3,(H,27,29). The minimum Gasteiger partial charge on any atom is -0.494 e. The molecule has 2 aliphatic rings. The minimum atomic E-state index is -0.271. The van der Waals surface area contributed by atoms with Gasteiger partial charge in [-0.3, -0.25) is 9.59 Å². The van der Waals surface area contributed by atoms with Crippen molar-refractivity contribution in [1.29, 1.82) is 0 Å². The number of ether oxygens (including phenoxy) is 2. The maximum atomic E-state index is 13.3. The monoisotopic (exact) mass is 419 g/mol. The van der Waals surface area contributed by atoms with E-state index in [0.717, 1.165) is 33.9 Å². The lowest BCUT2D eigenvalue weighted by Gasteiger charge is -2.35. The van der Waals surface area contributed by atoms with Crippen LogP contribution in [0.25, 0.3) is 0 Å². The highest BCUT2D eigenvalue weighted by Crippen LogP contribution is 2.44. The van der Waals surface area contributed by atoms with Crippen LogP contribution >= 0.6 is 0 Å². The molecule has 1 amide bonds. The number of nitrogens with one attached hydrogen (secondary N) is 1. The fourth-order valence-electron chi connectivity index (χ4n) is 4.59. The van der Waals surface area contributed by atoms with Gasteiger partial charge in [-0.15, -0.1) is 0 Å². The summed E-state index contributed by atoms with van der Waals surface area (Å²) < 4.78 is 11.5. The Kier molecular flexibility index (Phi) is 6.12. The molecule has 0 saturated heterocycles. The molecule has 162 valence electrons. The molecule has 5 heteroatoms. The van der Waals surface area contributed by atoms with Crippen molar-refractivity contribution in [3.8, 4) is 11.5 Å². The van der Waals surface area contributed by atoms with Crippen LogP contribution in [0.3, 0.4) is 0 Å². The number of Topliss-reactive ketones (excluding diaryl/α,β-unsaturated/α-hetero) is 1. The van der Waals surface area contributed by atoms with Gasteiger partial charge in [0.15, 0.2) is 5.78 Å². The summed E-state index contributed by atoms with van der Waals surface area (Å²) in [6.45, 7) is 6.52. The van der Waals surface area contributed by atoms with Gasteiger partial charge in [-0.2, -0.15) is 0 Å². The number of para-hydroxylation sites is 1. The summed E-state index contributed by atoms with van der Waals surface area (Å²) in [5.74, 6) is 1.38. The molecule has 2 unspecified atom stereocenters. The van der Waals surface area contributed by atoms with E-state index in [0.29, 0.717) is 19.4 Å². The second-order valence-corrected chi connectivity index (χ2v) is 8.43. The van der Waals surface area contributed by atoms with Crippen molar-refractivity contribution in [2.45, 2.75) is 58.0 Å². The summed E-state index contributed by atoms with van der Waals surface area (Å²) in [6, 6.07) is 15.7. The Morgan fingerprint density at radius 3 is 2.45 bits per heavy atom. The van der Waals surface area contributed by atoms with Gasteiger partial charge in [0.2, 0.25) is 5.91 Å². The van der Waals surface area contributed by atoms with Gasteiger partial charge in [-0.05, 0) is 56.9 Å². The lowest BCUT2D eigenvalue weighted by molar-refractivity contribution is -0.122. The molecular formula is C26H29NO4. The summed E-state index contributed by atoms with van der Waals surface area (Å²) >= 11 is 0. The minimum absolute atomic E-state index is 0.0121. The third-order valence-corrected chi connectivity index (χ3v) is 5.86. The highest BCUT2D eigenvalue weighted by molar-refractivity contribution is 6.02. The molecule has 1 heterocycles. The summed E-state index contributed by atoms with van der Waals surface area (Å²) in [6.07, 6.45) is 1.35. The Hall–Kier alpha value is -3.08. The zero-order chi connectivity index (χ0) is 22.0. The number of amides is 1. The van der Waals surface area contributed by atoms with Crippen molar-refractivity contribution in [2.75, 3.05) is 6.61 Å². The Morgan fingerprint density at radius 1 is 1.00 bits per heavy atom. The number of hydrogen-bond donors (Lipinski definition) is 1. The van der Waals surface area contributed by atoms with Crippen molar-refractivity contribution < 1.29 is 19.1 Å². The topological polar surface area (TPSA) is 64.6 Å². The lowest BCUT2D eigenvalue weighted by Crippen LogP contribution is -2.38. The molecule has 1 N–H and O–H groups in total. The van der Waals surface area contributed by atoms with Gasteiger partial charge in [0, 0.05) is 35.6 Å². The highest BCUT2D eigenvalue weighted by Gasteiger charge is 2.39. The summed E-state index contributed by atoms with van der Waals surface area (Å²) in [4.78, 5) is 25.9. The van der Waals surface area contributed by atoms with E-state index in [1.165, 1.54) is 0 Å². The van der Waals surface area contributed by atoms with Crippen LogP contribution in [-0.2, 0) is 9.59 Å². The maximum Gasteiger partial charge on any atom is 0.225 e. The van der Waals surface area contributed by atoms with Crippen LogP contribution in [0.2, 0.25) is 0 Å². The van der Waals surface area contributed by atoms with Crippen molar-refractivity contribution in [2.24, 2.45) is 0 Å². The average molecular weight is 420 g/mol. The fraction of sp³-hybridized carbons (Fsp3) is 0.385. The normalized spacial score (nSPS) is 21.0. The molecule has 2 aromatic rings. The van der Waals surface area contributed by atoms with Gasteiger partial charge >= 0.3 is 0 Å². The number of carbonyl (C=O) groups is 2. The van der Waals surface area contributed by atoms with Crippen molar-refractivity contribution >= 4 is 11.7 Å². The van der Waals surface area contributed by atoms with Crippen LogP contribution in [-0.4, -0.2) is 24.4 Å². The smallest absolute Gasteiger partial charge is 0.225 e. The van der Waals surface area contributed by atoms with Crippen LogP contribution < -0.4 is 14.8 Å². The van der Waals surface area contributed by atoms with E-state index in [2.05, 4.69) is 5.32 Å². The van der Waals surface area contributed by atoms with Gasteiger partial charge in [-0.1, -0.05) is 30.3 Å². The zero-order valence-corrected chi connectivity index (χ0v) is 18.3. The Labute approximate surface area is 183 Å². The largest absolute Gasteiger partial charge is 0.494 e. The van der Waals surface area contributed by atoms with Crippen LogP contribution in [0.15, 0.2) is 59.8 Å². The summed E-state index contributed by atoms with van der Waals surface area (Å²) in [5, 5.41) is 2.99. The molecule has 0 radical (unpaired) electrons. The first kappa shape index (κ1) is 21.2.